The van der Waals surface area contributed by atoms with Crippen molar-refractivity contribution in [1.82, 2.24) is 25.8 Å². The molecule has 1 heterocycles. The molecular weight excluding hydrogens is 343 g/mol. The maximum Gasteiger partial charge on any atom is 0.191 e. The summed E-state index contributed by atoms with van der Waals surface area (Å²) in [6.45, 7) is 4.08. The molecule has 6 nitrogen and oxygen atoms in total. The van der Waals surface area contributed by atoms with Crippen molar-refractivity contribution < 1.29 is 4.39 Å². The number of aromatic nitrogens is 3. The van der Waals surface area contributed by atoms with Crippen molar-refractivity contribution in [3.8, 4) is 11.4 Å². The number of aliphatic imine (C=N–C) groups is 1. The summed E-state index contributed by atoms with van der Waals surface area (Å²) >= 11 is 0. The van der Waals surface area contributed by atoms with E-state index in [9.17, 15) is 4.39 Å². The molecule has 140 valence electrons. The number of halogens is 1. The number of benzene rings is 2. The zero-order valence-corrected chi connectivity index (χ0v) is 15.2. The number of nitrogens with zero attached hydrogens (tertiary/aromatic N) is 3. The van der Waals surface area contributed by atoms with Gasteiger partial charge in [-0.1, -0.05) is 30.3 Å². The van der Waals surface area contributed by atoms with Crippen LogP contribution in [0.4, 0.5) is 4.39 Å². The van der Waals surface area contributed by atoms with Gasteiger partial charge in [0.25, 0.3) is 0 Å². The summed E-state index contributed by atoms with van der Waals surface area (Å²) in [7, 11) is 0. The molecule has 0 aliphatic carbocycles. The standard InChI is InChI=1S/C20H23FN6/c1-2-22-20(23-11-10-15-6-8-18(21)9-7-15)24-13-16-4-3-5-17(12-16)19-25-14-26-27-19/h3-9,12,14H,2,10-11,13H2,1H3,(H2,22,23,24)(H,25,26,27). The Morgan fingerprint density at radius 2 is 1.96 bits per heavy atom. The molecule has 3 N–H and O–H groups in total. The minimum atomic E-state index is -0.214. The van der Waals surface area contributed by atoms with E-state index < -0.39 is 0 Å². The van der Waals surface area contributed by atoms with Crippen molar-refractivity contribution in [2.75, 3.05) is 13.1 Å². The van der Waals surface area contributed by atoms with Crippen molar-refractivity contribution in [3.63, 3.8) is 0 Å². The largest absolute Gasteiger partial charge is 0.357 e. The van der Waals surface area contributed by atoms with Crippen LogP contribution in [0.3, 0.4) is 0 Å². The van der Waals surface area contributed by atoms with Gasteiger partial charge < -0.3 is 10.6 Å². The molecule has 0 saturated carbocycles. The van der Waals surface area contributed by atoms with E-state index in [1.54, 1.807) is 12.1 Å². The van der Waals surface area contributed by atoms with Gasteiger partial charge >= 0.3 is 0 Å². The molecule has 0 atom stereocenters. The fourth-order valence-electron chi connectivity index (χ4n) is 2.65. The predicted molar refractivity (Wildman–Crippen MR) is 105 cm³/mol. The van der Waals surface area contributed by atoms with Gasteiger partial charge in [0.2, 0.25) is 0 Å². The van der Waals surface area contributed by atoms with Crippen LogP contribution in [0.25, 0.3) is 11.4 Å². The van der Waals surface area contributed by atoms with E-state index in [0.717, 1.165) is 48.0 Å². The van der Waals surface area contributed by atoms with E-state index in [4.69, 9.17) is 0 Å². The van der Waals surface area contributed by atoms with Gasteiger partial charge in [-0.3, -0.25) is 5.10 Å². The highest BCUT2D eigenvalue weighted by Crippen LogP contribution is 2.15. The Balaban J connectivity index is 1.58. The molecule has 7 heteroatoms. The number of hydrogen-bond donors (Lipinski definition) is 3. The van der Waals surface area contributed by atoms with Crippen molar-refractivity contribution in [2.24, 2.45) is 4.99 Å². The first-order valence-corrected chi connectivity index (χ1v) is 8.96. The lowest BCUT2D eigenvalue weighted by atomic mass is 10.1. The molecule has 0 bridgehead atoms. The molecule has 0 amide bonds. The van der Waals surface area contributed by atoms with E-state index in [-0.39, 0.29) is 5.82 Å². The third-order valence-electron chi connectivity index (χ3n) is 4.00. The maximum atomic E-state index is 13.0. The number of hydrogen-bond acceptors (Lipinski definition) is 3. The van der Waals surface area contributed by atoms with Crippen LogP contribution < -0.4 is 10.6 Å². The fourth-order valence-corrected chi connectivity index (χ4v) is 2.65. The van der Waals surface area contributed by atoms with Crippen LogP contribution in [-0.4, -0.2) is 34.2 Å². The molecule has 0 aliphatic heterocycles. The summed E-state index contributed by atoms with van der Waals surface area (Å²) in [4.78, 5) is 8.82. The van der Waals surface area contributed by atoms with E-state index in [1.807, 2.05) is 31.2 Å². The molecule has 0 unspecified atom stereocenters. The average molecular weight is 366 g/mol. The number of H-pyrrole nitrogens is 1. The van der Waals surface area contributed by atoms with Crippen LogP contribution in [0.1, 0.15) is 18.1 Å². The number of aromatic amines is 1. The van der Waals surface area contributed by atoms with Crippen molar-refractivity contribution in [3.05, 3.63) is 71.8 Å². The smallest absolute Gasteiger partial charge is 0.191 e. The summed E-state index contributed by atoms with van der Waals surface area (Å²) in [6, 6.07) is 14.6. The predicted octanol–water partition coefficient (Wildman–Crippen LogP) is 2.91. The Hall–Kier alpha value is -3.22. The van der Waals surface area contributed by atoms with Gasteiger partial charge in [0, 0.05) is 18.7 Å². The second-order valence-electron chi connectivity index (χ2n) is 6.03. The van der Waals surface area contributed by atoms with Gasteiger partial charge in [-0.2, -0.15) is 5.10 Å². The van der Waals surface area contributed by atoms with Gasteiger partial charge in [0.1, 0.15) is 12.1 Å². The zero-order chi connectivity index (χ0) is 18.9. The van der Waals surface area contributed by atoms with Gasteiger partial charge in [-0.25, -0.2) is 14.4 Å². The molecular formula is C20H23FN6. The summed E-state index contributed by atoms with van der Waals surface area (Å²) < 4.78 is 13.0. The lowest BCUT2D eigenvalue weighted by molar-refractivity contribution is 0.626. The Bertz CT molecular complexity index is 858. The van der Waals surface area contributed by atoms with Crippen molar-refractivity contribution in [1.29, 1.82) is 0 Å². The third-order valence-corrected chi connectivity index (χ3v) is 4.00. The highest BCUT2D eigenvalue weighted by Gasteiger charge is 2.03. The van der Waals surface area contributed by atoms with E-state index in [0.29, 0.717) is 6.54 Å². The van der Waals surface area contributed by atoms with Crippen LogP contribution in [0.2, 0.25) is 0 Å². The highest BCUT2D eigenvalue weighted by atomic mass is 19.1. The number of nitrogens with one attached hydrogen (secondary N) is 3. The molecule has 1 aromatic heterocycles. The zero-order valence-electron chi connectivity index (χ0n) is 15.2. The lowest BCUT2D eigenvalue weighted by Gasteiger charge is -2.11. The van der Waals surface area contributed by atoms with Gasteiger partial charge in [-0.05, 0) is 42.7 Å². The number of rotatable bonds is 7. The van der Waals surface area contributed by atoms with E-state index in [1.165, 1.54) is 18.5 Å². The minimum absolute atomic E-state index is 0.214. The molecule has 0 spiro atoms. The van der Waals surface area contributed by atoms with Gasteiger partial charge in [0.05, 0.1) is 6.54 Å². The highest BCUT2D eigenvalue weighted by molar-refractivity contribution is 5.79. The molecule has 0 aliphatic rings. The Labute approximate surface area is 158 Å². The van der Waals surface area contributed by atoms with Crippen molar-refractivity contribution >= 4 is 5.96 Å². The molecule has 27 heavy (non-hydrogen) atoms. The average Bonchev–Trinajstić information content (AvgIpc) is 3.23. The van der Waals surface area contributed by atoms with Crippen LogP contribution in [-0.2, 0) is 13.0 Å². The van der Waals surface area contributed by atoms with Crippen LogP contribution in [0, 0.1) is 5.82 Å². The summed E-state index contributed by atoms with van der Waals surface area (Å²) in [6.07, 6.45) is 2.29. The normalized spacial score (nSPS) is 11.4. The first kappa shape index (κ1) is 18.6. The number of guanidine groups is 1. The molecule has 3 aromatic rings. The molecule has 0 fully saturated rings. The topological polar surface area (TPSA) is 78.0 Å². The molecule has 0 saturated heterocycles. The summed E-state index contributed by atoms with van der Waals surface area (Å²) in [5, 5.41) is 13.3. The van der Waals surface area contributed by atoms with Crippen LogP contribution >= 0.6 is 0 Å². The second kappa shape index (κ2) is 9.47. The monoisotopic (exact) mass is 366 g/mol. The summed E-state index contributed by atoms with van der Waals surface area (Å²) in [5.41, 5.74) is 3.15. The van der Waals surface area contributed by atoms with Crippen LogP contribution in [0.5, 0.6) is 0 Å². The van der Waals surface area contributed by atoms with Crippen LogP contribution in [0.15, 0.2) is 59.9 Å². The van der Waals surface area contributed by atoms with Gasteiger partial charge in [-0.15, -0.1) is 0 Å². The molecule has 0 radical (unpaired) electrons. The Morgan fingerprint density at radius 3 is 2.70 bits per heavy atom. The second-order valence-corrected chi connectivity index (χ2v) is 6.03. The van der Waals surface area contributed by atoms with Gasteiger partial charge in [0.15, 0.2) is 11.8 Å². The fraction of sp³-hybridized carbons (Fsp3) is 0.250. The Kier molecular flexibility index (Phi) is 6.51. The minimum Gasteiger partial charge on any atom is -0.357 e. The first-order valence-electron chi connectivity index (χ1n) is 8.96. The third kappa shape index (κ3) is 5.64. The summed E-state index contributed by atoms with van der Waals surface area (Å²) in [5.74, 6) is 1.28. The molecule has 3 rings (SSSR count). The maximum absolute atomic E-state index is 13.0. The quantitative estimate of drug-likeness (QED) is 0.444. The Morgan fingerprint density at radius 1 is 1.11 bits per heavy atom. The van der Waals surface area contributed by atoms with E-state index in [2.05, 4.69) is 30.8 Å². The van der Waals surface area contributed by atoms with Crippen molar-refractivity contribution in [2.45, 2.75) is 19.9 Å². The molecule has 2 aromatic carbocycles. The first-order chi connectivity index (χ1) is 13.2. The lowest BCUT2D eigenvalue weighted by Crippen LogP contribution is -2.38. The van der Waals surface area contributed by atoms with E-state index >= 15 is 0 Å². The SMILES string of the molecule is CCNC(=NCc1cccc(-c2ncn[nH]2)c1)NCCc1ccc(F)cc1.